The quantitative estimate of drug-likeness (QED) is 0.768. The molecule has 0 bridgehead atoms. The van der Waals surface area contributed by atoms with E-state index in [0.29, 0.717) is 5.02 Å². The molecule has 0 atom stereocenters. The molecule has 0 aliphatic carbocycles. The van der Waals surface area contributed by atoms with Gasteiger partial charge < -0.3 is 5.32 Å². The van der Waals surface area contributed by atoms with Gasteiger partial charge in [0, 0.05) is 33.7 Å². The number of hydrogen-bond acceptors (Lipinski definition) is 3. The molecule has 0 aliphatic heterocycles. The van der Waals surface area contributed by atoms with Gasteiger partial charge in [-0.1, -0.05) is 11.6 Å². The highest BCUT2D eigenvalue weighted by Crippen LogP contribution is 2.25. The molecule has 2 heterocycles. The average Bonchev–Trinajstić information content (AvgIpc) is 3.08. The third-order valence-electron chi connectivity index (χ3n) is 2.96. The number of halogens is 1. The maximum atomic E-state index is 6.10. The minimum Gasteiger partial charge on any atom is -0.378 e. The second kappa shape index (κ2) is 5.69. The van der Waals surface area contributed by atoms with Gasteiger partial charge >= 0.3 is 0 Å². The Bertz CT molecular complexity index is 704. The number of nitrogens with one attached hydrogen (secondary N) is 1. The summed E-state index contributed by atoms with van der Waals surface area (Å²) in [5.41, 5.74) is 1.97. The van der Waals surface area contributed by atoms with Gasteiger partial charge in [0.15, 0.2) is 0 Å². The molecule has 0 fully saturated rings. The number of thiophene rings is 1. The zero-order chi connectivity index (χ0) is 13.9. The molecule has 20 heavy (non-hydrogen) atoms. The maximum absolute atomic E-state index is 6.10. The lowest BCUT2D eigenvalue weighted by atomic mass is 10.2. The number of rotatable bonds is 4. The summed E-state index contributed by atoms with van der Waals surface area (Å²) in [4.78, 5) is 2.62. The molecular weight excluding hydrogens is 290 g/mol. The van der Waals surface area contributed by atoms with Gasteiger partial charge in [-0.3, -0.25) is 0 Å². The zero-order valence-electron chi connectivity index (χ0n) is 11.0. The lowest BCUT2D eigenvalue weighted by molar-refractivity contribution is 0.879. The van der Waals surface area contributed by atoms with Crippen molar-refractivity contribution in [3.05, 3.63) is 63.6 Å². The third kappa shape index (κ3) is 2.86. The fourth-order valence-electron chi connectivity index (χ4n) is 2.02. The Labute approximate surface area is 126 Å². The van der Waals surface area contributed by atoms with E-state index in [-0.39, 0.29) is 0 Å². The van der Waals surface area contributed by atoms with Crippen LogP contribution in [0.4, 0.5) is 5.69 Å². The molecule has 0 amide bonds. The summed E-state index contributed by atoms with van der Waals surface area (Å²) < 4.78 is 1.83. The number of benzene rings is 1. The van der Waals surface area contributed by atoms with Gasteiger partial charge in [0.25, 0.3) is 0 Å². The van der Waals surface area contributed by atoms with Crippen LogP contribution in [-0.4, -0.2) is 9.78 Å². The van der Waals surface area contributed by atoms with Crippen LogP contribution in [0, 0.1) is 6.92 Å². The van der Waals surface area contributed by atoms with Gasteiger partial charge in [0.2, 0.25) is 0 Å². The number of anilines is 1. The molecule has 0 spiro atoms. The SMILES string of the molecule is Cc1ccc(CNc2cc(Cl)ccc2-n2cccn2)s1. The van der Waals surface area contributed by atoms with Gasteiger partial charge in [-0.2, -0.15) is 5.10 Å². The van der Waals surface area contributed by atoms with Crippen LogP contribution in [0.1, 0.15) is 9.75 Å². The molecule has 0 unspecified atom stereocenters. The van der Waals surface area contributed by atoms with Crippen LogP contribution in [0.2, 0.25) is 5.02 Å². The largest absolute Gasteiger partial charge is 0.378 e. The van der Waals surface area contributed by atoms with Crippen molar-refractivity contribution >= 4 is 28.6 Å². The first-order valence-electron chi connectivity index (χ1n) is 6.31. The normalized spacial score (nSPS) is 10.7. The number of aromatic nitrogens is 2. The number of nitrogens with zero attached hydrogens (tertiary/aromatic N) is 2. The van der Waals surface area contributed by atoms with Crippen LogP contribution >= 0.6 is 22.9 Å². The Balaban J connectivity index is 1.86. The lowest BCUT2D eigenvalue weighted by Crippen LogP contribution is -2.04. The Morgan fingerprint density at radius 1 is 1.30 bits per heavy atom. The third-order valence-corrected chi connectivity index (χ3v) is 4.19. The van der Waals surface area contributed by atoms with Gasteiger partial charge in [0.1, 0.15) is 0 Å². The van der Waals surface area contributed by atoms with Crippen LogP contribution in [0.15, 0.2) is 48.8 Å². The van der Waals surface area contributed by atoms with E-state index >= 15 is 0 Å². The first-order chi connectivity index (χ1) is 9.72. The van der Waals surface area contributed by atoms with Crippen molar-refractivity contribution in [1.29, 1.82) is 0 Å². The topological polar surface area (TPSA) is 29.9 Å². The van der Waals surface area contributed by atoms with E-state index in [2.05, 4.69) is 29.5 Å². The van der Waals surface area contributed by atoms with Crippen molar-refractivity contribution in [2.45, 2.75) is 13.5 Å². The Hall–Kier alpha value is -1.78. The summed E-state index contributed by atoms with van der Waals surface area (Å²) in [6, 6.07) is 12.0. The summed E-state index contributed by atoms with van der Waals surface area (Å²) >= 11 is 7.89. The minimum atomic E-state index is 0.714. The molecule has 5 heteroatoms. The summed E-state index contributed by atoms with van der Waals surface area (Å²) in [7, 11) is 0. The first kappa shape index (κ1) is 13.2. The Kier molecular flexibility index (Phi) is 3.76. The van der Waals surface area contributed by atoms with E-state index < -0.39 is 0 Å². The van der Waals surface area contributed by atoms with Crippen molar-refractivity contribution in [2.75, 3.05) is 5.32 Å². The second-order valence-electron chi connectivity index (χ2n) is 4.48. The van der Waals surface area contributed by atoms with Gasteiger partial charge in [-0.05, 0) is 43.3 Å². The zero-order valence-corrected chi connectivity index (χ0v) is 12.6. The fourth-order valence-corrected chi connectivity index (χ4v) is 3.03. The molecular formula is C15H14ClN3S. The highest BCUT2D eigenvalue weighted by molar-refractivity contribution is 7.11. The molecule has 3 aromatic rings. The number of hydrogen-bond donors (Lipinski definition) is 1. The Morgan fingerprint density at radius 3 is 2.90 bits per heavy atom. The molecule has 1 N–H and O–H groups in total. The van der Waals surface area contributed by atoms with Crippen LogP contribution in [0.25, 0.3) is 5.69 Å². The van der Waals surface area contributed by atoms with Gasteiger partial charge in [0.05, 0.1) is 11.4 Å². The molecule has 0 saturated heterocycles. The standard InChI is InChI=1S/C15H14ClN3S/c1-11-3-5-13(20-11)10-17-14-9-12(16)4-6-15(14)19-8-2-7-18-19/h2-9,17H,10H2,1H3. The van der Waals surface area contributed by atoms with Crippen molar-refractivity contribution in [2.24, 2.45) is 0 Å². The summed E-state index contributed by atoms with van der Waals surface area (Å²) in [5, 5.41) is 8.42. The minimum absolute atomic E-state index is 0.714. The predicted molar refractivity (Wildman–Crippen MR) is 85.0 cm³/mol. The molecule has 0 aliphatic rings. The predicted octanol–water partition coefficient (Wildman–Crippen LogP) is 4.51. The molecule has 0 radical (unpaired) electrons. The van der Waals surface area contributed by atoms with E-state index in [1.807, 2.05) is 35.1 Å². The van der Waals surface area contributed by atoms with E-state index in [0.717, 1.165) is 17.9 Å². The number of aryl methyl sites for hydroxylation is 1. The van der Waals surface area contributed by atoms with E-state index in [9.17, 15) is 0 Å². The van der Waals surface area contributed by atoms with E-state index in [1.54, 1.807) is 17.5 Å². The highest BCUT2D eigenvalue weighted by Gasteiger charge is 2.06. The highest BCUT2D eigenvalue weighted by atomic mass is 35.5. The molecule has 3 rings (SSSR count). The summed E-state index contributed by atoms with van der Waals surface area (Å²) in [6.45, 7) is 2.90. The van der Waals surface area contributed by atoms with E-state index in [1.165, 1.54) is 9.75 Å². The van der Waals surface area contributed by atoms with Gasteiger partial charge in [-0.25, -0.2) is 4.68 Å². The van der Waals surface area contributed by atoms with Crippen LogP contribution < -0.4 is 5.32 Å². The first-order valence-corrected chi connectivity index (χ1v) is 7.50. The van der Waals surface area contributed by atoms with Crippen molar-refractivity contribution in [3.8, 4) is 5.69 Å². The molecule has 0 saturated carbocycles. The van der Waals surface area contributed by atoms with Crippen LogP contribution in [0.5, 0.6) is 0 Å². The molecule has 1 aromatic carbocycles. The average molecular weight is 304 g/mol. The van der Waals surface area contributed by atoms with Crippen molar-refractivity contribution < 1.29 is 0 Å². The summed E-state index contributed by atoms with van der Waals surface area (Å²) in [6.07, 6.45) is 3.69. The van der Waals surface area contributed by atoms with Crippen molar-refractivity contribution in [3.63, 3.8) is 0 Å². The molecule has 102 valence electrons. The Morgan fingerprint density at radius 2 is 2.20 bits per heavy atom. The monoisotopic (exact) mass is 303 g/mol. The molecule has 2 aromatic heterocycles. The lowest BCUT2D eigenvalue weighted by Gasteiger charge is -2.12. The van der Waals surface area contributed by atoms with E-state index in [4.69, 9.17) is 11.6 Å². The second-order valence-corrected chi connectivity index (χ2v) is 6.29. The van der Waals surface area contributed by atoms with Crippen molar-refractivity contribution in [1.82, 2.24) is 9.78 Å². The molecule has 3 nitrogen and oxygen atoms in total. The van der Waals surface area contributed by atoms with Gasteiger partial charge in [-0.15, -0.1) is 11.3 Å². The van der Waals surface area contributed by atoms with Crippen LogP contribution in [0.3, 0.4) is 0 Å². The van der Waals surface area contributed by atoms with Crippen LogP contribution in [-0.2, 0) is 6.54 Å². The smallest absolute Gasteiger partial charge is 0.0877 e. The maximum Gasteiger partial charge on any atom is 0.0877 e. The fraction of sp³-hybridized carbons (Fsp3) is 0.133. The summed E-state index contributed by atoms with van der Waals surface area (Å²) in [5.74, 6) is 0.